The van der Waals surface area contributed by atoms with Gasteiger partial charge in [-0.3, -0.25) is 4.89 Å². The van der Waals surface area contributed by atoms with E-state index in [0.29, 0.717) is 12.1 Å². The molecule has 0 atom stereocenters. The fraction of sp³-hybridized carbons (Fsp3) is 0.533. The first-order valence-corrected chi connectivity index (χ1v) is 7.34. The van der Waals surface area contributed by atoms with E-state index >= 15 is 0 Å². The Bertz CT molecular complexity index is 449. The zero-order valence-corrected chi connectivity index (χ0v) is 13.5. The van der Waals surface area contributed by atoms with E-state index in [1.807, 2.05) is 32.9 Å². The second-order valence-electron chi connectivity index (χ2n) is 6.16. The molecule has 0 radical (unpaired) electrons. The SMILES string of the molecule is CC(C)(C)OOC(=O)c1ccc(SC(C)(C)CN)cc1. The standard InChI is InChI=1S/C15H23NO3S/c1-14(2,3)19-18-13(17)11-6-8-12(9-7-11)20-15(4,5)10-16/h6-9H,10,16H2,1-5H3. The van der Waals surface area contributed by atoms with E-state index in [0.717, 1.165) is 4.90 Å². The van der Waals surface area contributed by atoms with Gasteiger partial charge >= 0.3 is 5.97 Å². The summed E-state index contributed by atoms with van der Waals surface area (Å²) >= 11 is 1.68. The average molecular weight is 297 g/mol. The van der Waals surface area contributed by atoms with Crippen LogP contribution in [0.5, 0.6) is 0 Å². The quantitative estimate of drug-likeness (QED) is 0.513. The molecule has 4 nitrogen and oxygen atoms in total. The van der Waals surface area contributed by atoms with Crippen LogP contribution in [0.2, 0.25) is 0 Å². The molecule has 0 aliphatic heterocycles. The van der Waals surface area contributed by atoms with Gasteiger partial charge in [-0.1, -0.05) is 0 Å². The predicted molar refractivity (Wildman–Crippen MR) is 81.7 cm³/mol. The minimum absolute atomic E-state index is 0.0304. The molecule has 0 unspecified atom stereocenters. The van der Waals surface area contributed by atoms with E-state index in [2.05, 4.69) is 13.8 Å². The Morgan fingerprint density at radius 1 is 1.15 bits per heavy atom. The fourth-order valence-electron chi connectivity index (χ4n) is 1.23. The van der Waals surface area contributed by atoms with Crippen LogP contribution in [-0.2, 0) is 9.78 Å². The van der Waals surface area contributed by atoms with Crippen molar-refractivity contribution in [3.05, 3.63) is 29.8 Å². The zero-order valence-electron chi connectivity index (χ0n) is 12.7. The summed E-state index contributed by atoms with van der Waals surface area (Å²) in [6, 6.07) is 7.22. The molecule has 0 amide bonds. The third-order valence-electron chi connectivity index (χ3n) is 2.34. The maximum atomic E-state index is 11.8. The molecule has 0 heterocycles. The highest BCUT2D eigenvalue weighted by Gasteiger charge is 2.19. The van der Waals surface area contributed by atoms with Gasteiger partial charge in [-0.15, -0.1) is 11.8 Å². The maximum absolute atomic E-state index is 11.8. The first kappa shape index (κ1) is 17.0. The molecular weight excluding hydrogens is 274 g/mol. The molecule has 0 aliphatic carbocycles. The number of thioether (sulfide) groups is 1. The molecule has 112 valence electrons. The van der Waals surface area contributed by atoms with Crippen molar-refractivity contribution in [1.82, 2.24) is 0 Å². The van der Waals surface area contributed by atoms with E-state index in [4.69, 9.17) is 15.5 Å². The van der Waals surface area contributed by atoms with E-state index in [1.165, 1.54) is 0 Å². The summed E-state index contributed by atoms with van der Waals surface area (Å²) < 4.78 is -0.0304. The Balaban J connectivity index is 2.64. The maximum Gasteiger partial charge on any atom is 0.373 e. The van der Waals surface area contributed by atoms with Gasteiger partial charge in [-0.05, 0) is 58.9 Å². The first-order chi connectivity index (χ1) is 9.13. The molecule has 0 saturated heterocycles. The Morgan fingerprint density at radius 2 is 1.70 bits per heavy atom. The van der Waals surface area contributed by atoms with Gasteiger partial charge in [0, 0.05) is 16.2 Å². The predicted octanol–water partition coefficient (Wildman–Crippen LogP) is 3.40. The largest absolute Gasteiger partial charge is 0.373 e. The zero-order chi connectivity index (χ0) is 15.4. The Labute approximate surface area is 124 Å². The van der Waals surface area contributed by atoms with Crippen molar-refractivity contribution >= 4 is 17.7 Å². The van der Waals surface area contributed by atoms with Crippen LogP contribution in [-0.4, -0.2) is 22.9 Å². The van der Waals surface area contributed by atoms with Crippen LogP contribution in [0.1, 0.15) is 45.0 Å². The molecule has 5 heteroatoms. The van der Waals surface area contributed by atoms with Crippen LogP contribution in [0.4, 0.5) is 0 Å². The summed E-state index contributed by atoms with van der Waals surface area (Å²) in [5, 5.41) is 0. The van der Waals surface area contributed by atoms with Crippen LogP contribution in [0.25, 0.3) is 0 Å². The third-order valence-corrected chi connectivity index (χ3v) is 3.57. The van der Waals surface area contributed by atoms with E-state index in [-0.39, 0.29) is 4.75 Å². The van der Waals surface area contributed by atoms with Crippen molar-refractivity contribution in [2.45, 2.75) is 49.9 Å². The van der Waals surface area contributed by atoms with Gasteiger partial charge in [0.15, 0.2) is 0 Å². The van der Waals surface area contributed by atoms with Crippen LogP contribution < -0.4 is 5.73 Å². The fourth-order valence-corrected chi connectivity index (χ4v) is 2.22. The van der Waals surface area contributed by atoms with Crippen molar-refractivity contribution in [2.24, 2.45) is 5.73 Å². The van der Waals surface area contributed by atoms with Crippen LogP contribution in [0.3, 0.4) is 0 Å². The van der Waals surface area contributed by atoms with Gasteiger partial charge in [0.1, 0.15) is 5.60 Å². The number of benzene rings is 1. The van der Waals surface area contributed by atoms with E-state index < -0.39 is 11.6 Å². The monoisotopic (exact) mass is 297 g/mol. The molecule has 0 aliphatic rings. The summed E-state index contributed by atoms with van der Waals surface area (Å²) in [5.74, 6) is -0.491. The van der Waals surface area contributed by atoms with Gasteiger partial charge in [0.2, 0.25) is 0 Å². The molecule has 0 saturated carbocycles. The molecule has 0 fully saturated rings. The van der Waals surface area contributed by atoms with Crippen LogP contribution >= 0.6 is 11.8 Å². The number of hydrogen-bond donors (Lipinski definition) is 1. The lowest BCUT2D eigenvalue weighted by Gasteiger charge is -2.21. The summed E-state index contributed by atoms with van der Waals surface area (Å²) in [5.41, 5.74) is 5.65. The molecule has 1 aromatic rings. The van der Waals surface area contributed by atoms with E-state index in [1.54, 1.807) is 23.9 Å². The molecule has 1 rings (SSSR count). The highest BCUT2D eigenvalue weighted by Crippen LogP contribution is 2.31. The summed E-state index contributed by atoms with van der Waals surface area (Å²) in [7, 11) is 0. The first-order valence-electron chi connectivity index (χ1n) is 6.52. The average Bonchev–Trinajstić information content (AvgIpc) is 2.35. The summed E-state index contributed by atoms with van der Waals surface area (Å²) in [4.78, 5) is 22.6. The third kappa shape index (κ3) is 5.94. The molecule has 20 heavy (non-hydrogen) atoms. The highest BCUT2D eigenvalue weighted by atomic mass is 32.2. The number of rotatable bonds is 5. The van der Waals surface area contributed by atoms with Crippen molar-refractivity contribution in [3.8, 4) is 0 Å². The van der Waals surface area contributed by atoms with Gasteiger partial charge in [-0.25, -0.2) is 4.79 Å². The van der Waals surface area contributed by atoms with Crippen molar-refractivity contribution in [2.75, 3.05) is 6.54 Å². The number of hydrogen-bond acceptors (Lipinski definition) is 5. The molecule has 0 bridgehead atoms. The van der Waals surface area contributed by atoms with Crippen molar-refractivity contribution in [1.29, 1.82) is 0 Å². The summed E-state index contributed by atoms with van der Waals surface area (Å²) in [6.07, 6.45) is 0. The van der Waals surface area contributed by atoms with Crippen molar-refractivity contribution < 1.29 is 14.6 Å². The van der Waals surface area contributed by atoms with Gasteiger partial charge in [0.05, 0.1) is 5.56 Å². The topological polar surface area (TPSA) is 61.5 Å². The van der Waals surface area contributed by atoms with Gasteiger partial charge in [-0.2, -0.15) is 4.89 Å². The van der Waals surface area contributed by atoms with Gasteiger partial charge in [0.25, 0.3) is 0 Å². The molecule has 0 spiro atoms. The van der Waals surface area contributed by atoms with Crippen molar-refractivity contribution in [3.63, 3.8) is 0 Å². The van der Waals surface area contributed by atoms with Crippen LogP contribution in [0, 0.1) is 0 Å². The minimum atomic E-state index is -0.517. The van der Waals surface area contributed by atoms with Crippen LogP contribution in [0.15, 0.2) is 29.2 Å². The number of nitrogens with two attached hydrogens (primary N) is 1. The second kappa shape index (κ2) is 6.61. The molecule has 0 aromatic heterocycles. The number of carbonyl (C=O) groups excluding carboxylic acids is 1. The van der Waals surface area contributed by atoms with Gasteiger partial charge < -0.3 is 5.73 Å². The Kier molecular flexibility index (Phi) is 5.62. The molecule has 1 aromatic carbocycles. The second-order valence-corrected chi connectivity index (χ2v) is 7.94. The molecule has 2 N–H and O–H groups in total. The Morgan fingerprint density at radius 3 is 2.15 bits per heavy atom. The lowest BCUT2D eigenvalue weighted by Crippen LogP contribution is -2.26. The number of carbonyl (C=O) groups is 1. The highest BCUT2D eigenvalue weighted by molar-refractivity contribution is 8.00. The molecular formula is C15H23NO3S. The lowest BCUT2D eigenvalue weighted by atomic mass is 10.2. The smallest absolute Gasteiger partial charge is 0.329 e. The lowest BCUT2D eigenvalue weighted by molar-refractivity contribution is -0.301. The Hall–Kier alpha value is -1.04. The summed E-state index contributed by atoms with van der Waals surface area (Å²) in [6.45, 7) is 10.2. The minimum Gasteiger partial charge on any atom is -0.329 e. The van der Waals surface area contributed by atoms with E-state index in [9.17, 15) is 4.79 Å². The normalized spacial score (nSPS) is 12.3.